The normalized spacial score (nSPS) is 9.79. The molecule has 0 aliphatic carbocycles. The van der Waals surface area contributed by atoms with Gasteiger partial charge in [-0.15, -0.1) is 0 Å². The molecule has 1 aromatic carbocycles. The number of hydrogen-bond donors (Lipinski definition) is 3. The maximum absolute atomic E-state index is 11.5. The van der Waals surface area contributed by atoms with Gasteiger partial charge in [0.15, 0.2) is 0 Å². The van der Waals surface area contributed by atoms with E-state index in [1.54, 1.807) is 0 Å². The van der Waals surface area contributed by atoms with Crippen LogP contribution in [0.15, 0.2) is 28.7 Å². The average molecular weight is 328 g/mol. The molecule has 0 aromatic heterocycles. The van der Waals surface area contributed by atoms with Gasteiger partial charge in [0.05, 0.1) is 6.54 Å². The molecular weight excluding hydrogens is 310 g/mol. The monoisotopic (exact) mass is 327 g/mol. The van der Waals surface area contributed by atoms with E-state index in [0.29, 0.717) is 6.54 Å². The van der Waals surface area contributed by atoms with Crippen LogP contribution in [0.5, 0.6) is 0 Å². The summed E-state index contributed by atoms with van der Waals surface area (Å²) in [6.45, 7) is 2.67. The van der Waals surface area contributed by atoms with Crippen molar-refractivity contribution in [1.82, 2.24) is 10.6 Å². The first kappa shape index (κ1) is 15.5. The minimum atomic E-state index is -0.448. The Morgan fingerprint density at radius 2 is 1.89 bits per heavy atom. The van der Waals surface area contributed by atoms with Crippen molar-refractivity contribution in [2.45, 2.75) is 19.8 Å². The zero-order valence-corrected chi connectivity index (χ0v) is 12.4. The molecule has 3 amide bonds. The fourth-order valence-electron chi connectivity index (χ4n) is 1.34. The number of halogens is 1. The van der Waals surface area contributed by atoms with Gasteiger partial charge in [0.1, 0.15) is 0 Å². The van der Waals surface area contributed by atoms with Crippen molar-refractivity contribution in [1.29, 1.82) is 0 Å². The summed E-state index contributed by atoms with van der Waals surface area (Å²) in [5.41, 5.74) is 0.824. The quantitative estimate of drug-likeness (QED) is 0.703. The lowest BCUT2D eigenvalue weighted by Gasteiger charge is -2.08. The van der Waals surface area contributed by atoms with Crippen LogP contribution < -0.4 is 16.0 Å². The van der Waals surface area contributed by atoms with Crippen molar-refractivity contribution in [2.24, 2.45) is 0 Å². The number of imide groups is 1. The Morgan fingerprint density at radius 3 is 2.53 bits per heavy atom. The smallest absolute Gasteiger partial charge is 0.321 e. The van der Waals surface area contributed by atoms with Crippen molar-refractivity contribution in [3.63, 3.8) is 0 Å². The molecule has 0 spiro atoms. The topological polar surface area (TPSA) is 70.2 Å². The zero-order valence-electron chi connectivity index (χ0n) is 10.8. The van der Waals surface area contributed by atoms with Gasteiger partial charge in [0, 0.05) is 16.7 Å². The average Bonchev–Trinajstić information content (AvgIpc) is 2.38. The van der Waals surface area contributed by atoms with Crippen molar-refractivity contribution < 1.29 is 9.59 Å². The molecule has 19 heavy (non-hydrogen) atoms. The highest BCUT2D eigenvalue weighted by atomic mass is 79.9. The number of urea groups is 1. The predicted molar refractivity (Wildman–Crippen MR) is 79.1 cm³/mol. The van der Waals surface area contributed by atoms with Gasteiger partial charge in [-0.2, -0.15) is 0 Å². The van der Waals surface area contributed by atoms with E-state index in [9.17, 15) is 9.59 Å². The number of carbonyl (C=O) groups excluding carboxylic acids is 2. The lowest BCUT2D eigenvalue weighted by atomic mass is 10.3. The third-order valence-electron chi connectivity index (χ3n) is 2.37. The van der Waals surface area contributed by atoms with Gasteiger partial charge in [-0.05, 0) is 30.7 Å². The van der Waals surface area contributed by atoms with Crippen LogP contribution >= 0.6 is 15.9 Å². The SMILES string of the molecule is CCCCNC(=O)NC(=O)CNc1ccc(Br)cc1. The molecule has 0 aliphatic rings. The molecule has 0 fully saturated rings. The Balaban J connectivity index is 2.24. The molecule has 1 rings (SSSR count). The van der Waals surface area contributed by atoms with Crippen LogP contribution in [0.4, 0.5) is 10.5 Å². The van der Waals surface area contributed by atoms with Gasteiger partial charge < -0.3 is 10.6 Å². The number of hydrogen-bond acceptors (Lipinski definition) is 3. The van der Waals surface area contributed by atoms with Crippen LogP contribution in [0.1, 0.15) is 19.8 Å². The van der Waals surface area contributed by atoms with Gasteiger partial charge in [-0.1, -0.05) is 29.3 Å². The summed E-state index contributed by atoms with van der Waals surface area (Å²) >= 11 is 3.33. The van der Waals surface area contributed by atoms with Gasteiger partial charge >= 0.3 is 6.03 Å². The number of benzene rings is 1. The lowest BCUT2D eigenvalue weighted by molar-refractivity contribution is -0.118. The summed E-state index contributed by atoms with van der Waals surface area (Å²) in [5.74, 6) is -0.364. The fraction of sp³-hybridized carbons (Fsp3) is 0.385. The first-order valence-corrected chi connectivity index (χ1v) is 6.98. The highest BCUT2D eigenvalue weighted by molar-refractivity contribution is 9.10. The number of rotatable bonds is 6. The Bertz CT molecular complexity index is 420. The number of carbonyl (C=O) groups is 2. The van der Waals surface area contributed by atoms with Crippen molar-refractivity contribution in [2.75, 3.05) is 18.4 Å². The first-order chi connectivity index (χ1) is 9.11. The van der Waals surface area contributed by atoms with Crippen LogP contribution in [-0.2, 0) is 4.79 Å². The number of nitrogens with one attached hydrogen (secondary N) is 3. The predicted octanol–water partition coefficient (Wildman–Crippen LogP) is 2.49. The Kier molecular flexibility index (Phi) is 6.95. The molecule has 5 nitrogen and oxygen atoms in total. The van der Waals surface area contributed by atoms with E-state index >= 15 is 0 Å². The third kappa shape index (κ3) is 6.81. The van der Waals surface area contributed by atoms with E-state index in [1.807, 2.05) is 31.2 Å². The summed E-state index contributed by atoms with van der Waals surface area (Å²) in [5, 5.41) is 7.81. The number of anilines is 1. The molecule has 0 saturated heterocycles. The van der Waals surface area contributed by atoms with E-state index in [-0.39, 0.29) is 12.5 Å². The largest absolute Gasteiger partial charge is 0.376 e. The minimum Gasteiger partial charge on any atom is -0.376 e. The number of unbranched alkanes of at least 4 members (excludes halogenated alkanes) is 1. The third-order valence-corrected chi connectivity index (χ3v) is 2.89. The van der Waals surface area contributed by atoms with Gasteiger partial charge in [-0.25, -0.2) is 4.79 Å². The van der Waals surface area contributed by atoms with E-state index in [4.69, 9.17) is 0 Å². The molecule has 0 saturated carbocycles. The molecule has 0 bridgehead atoms. The zero-order chi connectivity index (χ0) is 14.1. The van der Waals surface area contributed by atoms with Crippen molar-refractivity contribution in [3.05, 3.63) is 28.7 Å². The molecule has 3 N–H and O–H groups in total. The minimum absolute atomic E-state index is 0.0584. The van der Waals surface area contributed by atoms with Gasteiger partial charge in [0.2, 0.25) is 5.91 Å². The maximum Gasteiger partial charge on any atom is 0.321 e. The highest BCUT2D eigenvalue weighted by Crippen LogP contribution is 2.13. The Morgan fingerprint density at radius 1 is 1.21 bits per heavy atom. The second-order valence-corrected chi connectivity index (χ2v) is 4.93. The maximum atomic E-state index is 11.5. The van der Waals surface area contributed by atoms with Crippen LogP contribution in [0, 0.1) is 0 Å². The standard InChI is InChI=1S/C13H18BrN3O2/c1-2-3-8-15-13(19)17-12(18)9-16-11-6-4-10(14)5-7-11/h4-7,16H,2-3,8-9H2,1H3,(H2,15,17,18,19). The van der Waals surface area contributed by atoms with E-state index < -0.39 is 6.03 Å². The summed E-state index contributed by atoms with van der Waals surface area (Å²) in [6, 6.07) is 6.99. The molecule has 104 valence electrons. The molecule has 1 aromatic rings. The van der Waals surface area contributed by atoms with Crippen LogP contribution in [0.3, 0.4) is 0 Å². The Hall–Kier alpha value is -1.56. The second kappa shape index (κ2) is 8.53. The van der Waals surface area contributed by atoms with E-state index in [1.165, 1.54) is 0 Å². The number of amides is 3. The van der Waals surface area contributed by atoms with Crippen molar-refractivity contribution in [3.8, 4) is 0 Å². The molecule has 0 atom stereocenters. The molecule has 0 radical (unpaired) electrons. The highest BCUT2D eigenvalue weighted by Gasteiger charge is 2.06. The van der Waals surface area contributed by atoms with Crippen LogP contribution in [-0.4, -0.2) is 25.0 Å². The molecule has 0 heterocycles. The fourth-order valence-corrected chi connectivity index (χ4v) is 1.61. The van der Waals surface area contributed by atoms with E-state index in [2.05, 4.69) is 31.9 Å². The van der Waals surface area contributed by atoms with Crippen molar-refractivity contribution >= 4 is 33.6 Å². The molecule has 0 aliphatic heterocycles. The second-order valence-electron chi connectivity index (χ2n) is 4.02. The van der Waals surface area contributed by atoms with Gasteiger partial charge in [0.25, 0.3) is 0 Å². The van der Waals surface area contributed by atoms with Crippen LogP contribution in [0.25, 0.3) is 0 Å². The van der Waals surface area contributed by atoms with Gasteiger partial charge in [-0.3, -0.25) is 10.1 Å². The summed E-state index contributed by atoms with van der Waals surface area (Å²) in [6.07, 6.45) is 1.90. The molecular formula is C13H18BrN3O2. The first-order valence-electron chi connectivity index (χ1n) is 6.19. The lowest BCUT2D eigenvalue weighted by Crippen LogP contribution is -2.42. The molecule has 6 heteroatoms. The summed E-state index contributed by atoms with van der Waals surface area (Å²) in [4.78, 5) is 22.8. The van der Waals surface area contributed by atoms with Crippen LogP contribution in [0.2, 0.25) is 0 Å². The molecule has 0 unspecified atom stereocenters. The summed E-state index contributed by atoms with van der Waals surface area (Å²) < 4.78 is 0.970. The van der Waals surface area contributed by atoms with E-state index in [0.717, 1.165) is 23.0 Å². The Labute approximate surface area is 121 Å². The summed E-state index contributed by atoms with van der Waals surface area (Å²) in [7, 11) is 0.